The van der Waals surface area contributed by atoms with Gasteiger partial charge in [0.15, 0.2) is 11.5 Å². The lowest BCUT2D eigenvalue weighted by molar-refractivity contribution is 0.356. The highest BCUT2D eigenvalue weighted by atomic mass is 16.5. The number of hydrogen-bond donors (Lipinski definition) is 1. The molecule has 0 aliphatic carbocycles. The van der Waals surface area contributed by atoms with Gasteiger partial charge in [-0.1, -0.05) is 0 Å². The van der Waals surface area contributed by atoms with Crippen molar-refractivity contribution < 1.29 is 9.47 Å². The van der Waals surface area contributed by atoms with Crippen LogP contribution in [0, 0.1) is 13.8 Å². The Balaban J connectivity index is 2.25. The standard InChI is InChI=1S/C19H18N2O2/c1-10-14-9-20-6-5-12(14)11(2)19-18(10)13-7-16(22-3)17(23-4)8-15(13)21-19/h5-9,21H,1-4H3. The van der Waals surface area contributed by atoms with E-state index in [1.165, 1.54) is 27.3 Å². The summed E-state index contributed by atoms with van der Waals surface area (Å²) in [6.45, 7) is 4.30. The Labute approximate surface area is 134 Å². The molecule has 0 saturated carbocycles. The van der Waals surface area contributed by atoms with Gasteiger partial charge in [-0.2, -0.15) is 0 Å². The Hall–Kier alpha value is -2.75. The smallest absolute Gasteiger partial charge is 0.162 e. The van der Waals surface area contributed by atoms with Crippen molar-refractivity contribution >= 4 is 32.6 Å². The van der Waals surface area contributed by atoms with Gasteiger partial charge in [0.1, 0.15) is 0 Å². The number of rotatable bonds is 2. The van der Waals surface area contributed by atoms with Crippen molar-refractivity contribution in [1.29, 1.82) is 0 Å². The predicted molar refractivity (Wildman–Crippen MR) is 93.7 cm³/mol. The summed E-state index contributed by atoms with van der Waals surface area (Å²) in [6, 6.07) is 6.11. The topological polar surface area (TPSA) is 47.1 Å². The van der Waals surface area contributed by atoms with Gasteiger partial charge in [-0.15, -0.1) is 0 Å². The Morgan fingerprint density at radius 1 is 0.913 bits per heavy atom. The zero-order valence-corrected chi connectivity index (χ0v) is 13.7. The van der Waals surface area contributed by atoms with Crippen LogP contribution in [0.5, 0.6) is 11.5 Å². The maximum Gasteiger partial charge on any atom is 0.162 e. The number of pyridine rings is 1. The first-order chi connectivity index (χ1) is 11.2. The summed E-state index contributed by atoms with van der Waals surface area (Å²) >= 11 is 0. The van der Waals surface area contributed by atoms with Gasteiger partial charge >= 0.3 is 0 Å². The highest BCUT2D eigenvalue weighted by Gasteiger charge is 2.16. The summed E-state index contributed by atoms with van der Waals surface area (Å²) in [5, 5.41) is 4.78. The molecule has 2 aromatic heterocycles. The van der Waals surface area contributed by atoms with Crippen molar-refractivity contribution in [2.75, 3.05) is 14.2 Å². The number of benzene rings is 2. The second-order valence-electron chi connectivity index (χ2n) is 5.80. The maximum absolute atomic E-state index is 5.47. The summed E-state index contributed by atoms with van der Waals surface area (Å²) < 4.78 is 10.9. The van der Waals surface area contributed by atoms with Gasteiger partial charge in [-0.25, -0.2) is 0 Å². The summed E-state index contributed by atoms with van der Waals surface area (Å²) in [7, 11) is 3.32. The van der Waals surface area contributed by atoms with Crippen LogP contribution in [-0.4, -0.2) is 24.2 Å². The number of aromatic nitrogens is 2. The van der Waals surface area contributed by atoms with Crippen molar-refractivity contribution in [3.8, 4) is 11.5 Å². The molecule has 2 heterocycles. The number of H-pyrrole nitrogens is 1. The maximum atomic E-state index is 5.47. The predicted octanol–water partition coefficient (Wildman–Crippen LogP) is 4.50. The lowest BCUT2D eigenvalue weighted by atomic mass is 9.97. The zero-order chi connectivity index (χ0) is 16.1. The average Bonchev–Trinajstić information content (AvgIpc) is 2.97. The largest absolute Gasteiger partial charge is 0.493 e. The van der Waals surface area contributed by atoms with Gasteiger partial charge < -0.3 is 14.5 Å². The molecule has 4 heteroatoms. The third-order valence-electron chi connectivity index (χ3n) is 4.68. The van der Waals surface area contributed by atoms with Crippen LogP contribution in [0.4, 0.5) is 0 Å². The van der Waals surface area contributed by atoms with Gasteiger partial charge in [0.2, 0.25) is 0 Å². The molecule has 0 unspecified atom stereocenters. The summed E-state index contributed by atoms with van der Waals surface area (Å²) in [6.07, 6.45) is 3.78. The van der Waals surface area contributed by atoms with Crippen molar-refractivity contribution in [3.05, 3.63) is 41.7 Å². The van der Waals surface area contributed by atoms with E-state index in [2.05, 4.69) is 29.9 Å². The first-order valence-electron chi connectivity index (χ1n) is 7.56. The molecular weight excluding hydrogens is 288 g/mol. The molecule has 0 aliphatic heterocycles. The summed E-state index contributed by atoms with van der Waals surface area (Å²) in [5.74, 6) is 1.47. The van der Waals surface area contributed by atoms with Crippen molar-refractivity contribution in [2.45, 2.75) is 13.8 Å². The monoisotopic (exact) mass is 306 g/mol. The molecule has 0 bridgehead atoms. The van der Waals surface area contributed by atoms with Gasteiger partial charge in [0.05, 0.1) is 25.3 Å². The third-order valence-corrected chi connectivity index (χ3v) is 4.68. The van der Waals surface area contributed by atoms with Gasteiger partial charge in [0, 0.05) is 34.6 Å². The lowest BCUT2D eigenvalue weighted by Crippen LogP contribution is -1.90. The van der Waals surface area contributed by atoms with E-state index < -0.39 is 0 Å². The zero-order valence-electron chi connectivity index (χ0n) is 13.7. The first kappa shape index (κ1) is 13.9. The number of nitrogens with one attached hydrogen (secondary N) is 1. The molecule has 0 saturated heterocycles. The average molecular weight is 306 g/mol. The fourth-order valence-electron chi connectivity index (χ4n) is 3.48. The number of aromatic amines is 1. The number of ether oxygens (including phenoxy) is 2. The molecular formula is C19H18N2O2. The second kappa shape index (κ2) is 4.88. The Morgan fingerprint density at radius 2 is 1.65 bits per heavy atom. The van der Waals surface area contributed by atoms with Gasteiger partial charge in [-0.05, 0) is 42.5 Å². The minimum atomic E-state index is 0.730. The normalized spacial score (nSPS) is 11.5. The van der Waals surface area contributed by atoms with Crippen LogP contribution in [0.1, 0.15) is 11.1 Å². The van der Waals surface area contributed by atoms with Crippen LogP contribution in [0.3, 0.4) is 0 Å². The Kier molecular flexibility index (Phi) is 2.94. The van der Waals surface area contributed by atoms with Crippen LogP contribution in [0.2, 0.25) is 0 Å². The number of nitrogens with zero attached hydrogens (tertiary/aromatic N) is 1. The molecule has 0 radical (unpaired) electrons. The van der Waals surface area contributed by atoms with Crippen LogP contribution < -0.4 is 9.47 Å². The number of aryl methyl sites for hydroxylation is 2. The van der Waals surface area contributed by atoms with Crippen molar-refractivity contribution in [2.24, 2.45) is 0 Å². The van der Waals surface area contributed by atoms with E-state index in [0.29, 0.717) is 0 Å². The van der Waals surface area contributed by atoms with E-state index in [1.807, 2.05) is 24.5 Å². The lowest BCUT2D eigenvalue weighted by Gasteiger charge is -2.09. The molecule has 0 aliphatic rings. The van der Waals surface area contributed by atoms with Crippen molar-refractivity contribution in [1.82, 2.24) is 9.97 Å². The third kappa shape index (κ3) is 1.81. The molecule has 4 rings (SSSR count). The van der Waals surface area contributed by atoms with Crippen LogP contribution in [-0.2, 0) is 0 Å². The fourth-order valence-corrected chi connectivity index (χ4v) is 3.48. The van der Waals surface area contributed by atoms with Gasteiger partial charge in [0.25, 0.3) is 0 Å². The van der Waals surface area contributed by atoms with E-state index in [1.54, 1.807) is 14.2 Å². The van der Waals surface area contributed by atoms with E-state index >= 15 is 0 Å². The van der Waals surface area contributed by atoms with E-state index in [9.17, 15) is 0 Å². The molecule has 23 heavy (non-hydrogen) atoms. The number of fused-ring (bicyclic) bond motifs is 4. The number of methoxy groups -OCH3 is 2. The minimum absolute atomic E-state index is 0.730. The first-order valence-corrected chi connectivity index (χ1v) is 7.56. The van der Waals surface area contributed by atoms with E-state index in [0.717, 1.165) is 27.9 Å². The van der Waals surface area contributed by atoms with Crippen molar-refractivity contribution in [3.63, 3.8) is 0 Å². The highest BCUT2D eigenvalue weighted by molar-refractivity contribution is 6.16. The molecule has 0 atom stereocenters. The minimum Gasteiger partial charge on any atom is -0.493 e. The molecule has 116 valence electrons. The van der Waals surface area contributed by atoms with E-state index in [-0.39, 0.29) is 0 Å². The Morgan fingerprint density at radius 3 is 2.39 bits per heavy atom. The molecule has 4 aromatic rings. The molecule has 0 fully saturated rings. The van der Waals surface area contributed by atoms with Gasteiger partial charge in [-0.3, -0.25) is 4.98 Å². The second-order valence-corrected chi connectivity index (χ2v) is 5.80. The van der Waals surface area contributed by atoms with Crippen LogP contribution in [0.15, 0.2) is 30.6 Å². The quantitative estimate of drug-likeness (QED) is 0.593. The summed E-state index contributed by atoms with van der Waals surface area (Å²) in [4.78, 5) is 7.84. The van der Waals surface area contributed by atoms with E-state index in [4.69, 9.17) is 9.47 Å². The SMILES string of the molecule is COc1cc2[nH]c3c(C)c4ccncc4c(C)c3c2cc1OC. The molecule has 4 nitrogen and oxygen atoms in total. The highest BCUT2D eigenvalue weighted by Crippen LogP contribution is 2.40. The van der Waals surface area contributed by atoms with Crippen LogP contribution >= 0.6 is 0 Å². The molecule has 2 aromatic carbocycles. The van der Waals surface area contributed by atoms with Crippen LogP contribution in [0.25, 0.3) is 32.6 Å². The Bertz CT molecular complexity index is 1060. The molecule has 1 N–H and O–H groups in total. The summed E-state index contributed by atoms with van der Waals surface area (Å²) in [5.41, 5.74) is 4.67. The molecule has 0 spiro atoms. The molecule has 0 amide bonds. The fraction of sp³-hybridized carbons (Fsp3) is 0.211. The number of hydrogen-bond acceptors (Lipinski definition) is 3.